The number of nitrogens with one attached hydrogen (secondary N) is 1. The second-order valence-electron chi connectivity index (χ2n) is 9.57. The highest BCUT2D eigenvalue weighted by molar-refractivity contribution is 5.85. The molecule has 1 amide bonds. The highest BCUT2D eigenvalue weighted by Crippen LogP contribution is 2.46. The van der Waals surface area contributed by atoms with Crippen molar-refractivity contribution in [2.45, 2.75) is 43.8 Å². The lowest BCUT2D eigenvalue weighted by molar-refractivity contribution is -0.192. The van der Waals surface area contributed by atoms with E-state index < -0.39 is 35.9 Å². The number of nitrogens with zero attached hydrogens (tertiary/aromatic N) is 3. The van der Waals surface area contributed by atoms with Crippen LogP contribution in [0.1, 0.15) is 48.8 Å². The van der Waals surface area contributed by atoms with Gasteiger partial charge in [-0.2, -0.15) is 13.2 Å². The molecule has 2 fully saturated rings. The predicted octanol–water partition coefficient (Wildman–Crippen LogP) is 5.42. The fraction of sp³-hybridized carbons (Fsp3) is 0.385. The van der Waals surface area contributed by atoms with Gasteiger partial charge in [-0.25, -0.2) is 0 Å². The smallest absolute Gasteiger partial charge is 0.413 e. The third-order valence-corrected chi connectivity index (χ3v) is 7.04. The molecule has 5 rings (SSSR count). The number of hydrogen-bond acceptors (Lipinski definition) is 5. The van der Waals surface area contributed by atoms with E-state index in [0.29, 0.717) is 16.5 Å². The van der Waals surface area contributed by atoms with Gasteiger partial charge in [0.1, 0.15) is 0 Å². The van der Waals surface area contributed by atoms with Crippen LogP contribution >= 0.6 is 0 Å². The van der Waals surface area contributed by atoms with Crippen molar-refractivity contribution in [2.24, 2.45) is 11.8 Å². The molecular weight excluding hydrogens is 473 g/mol. The molecule has 0 unspecified atom stereocenters. The zero-order valence-electron chi connectivity index (χ0n) is 19.5. The van der Waals surface area contributed by atoms with Crippen molar-refractivity contribution < 1.29 is 27.9 Å². The lowest BCUT2D eigenvalue weighted by atomic mass is 9.74. The number of alkyl halides is 3. The standard InChI is InChI=1S/C26H25F3N4O3/c1-33(24(34)16-11-17(12-16)25(35)36)23(26(27,28)29)15-6-8-18(9-7-15)32-20-13-31-19-3-2-10-30-22(19)21(20)14-4-5-14/h2-3,6-10,13-14,16-17,23,32H,4-5,11-12H2,1H3,(H,35,36)/t16?,17?,23-/m0/s1. The molecule has 1 atom stereocenters. The lowest BCUT2D eigenvalue weighted by Gasteiger charge is -2.38. The van der Waals surface area contributed by atoms with E-state index in [4.69, 9.17) is 5.11 Å². The largest absolute Gasteiger partial charge is 0.481 e. The van der Waals surface area contributed by atoms with Gasteiger partial charge in [-0.3, -0.25) is 19.6 Å². The van der Waals surface area contributed by atoms with Gasteiger partial charge in [0.2, 0.25) is 5.91 Å². The maximum atomic E-state index is 14.0. The Morgan fingerprint density at radius 3 is 2.39 bits per heavy atom. The fourth-order valence-corrected chi connectivity index (χ4v) is 4.90. The van der Waals surface area contributed by atoms with E-state index in [1.54, 1.807) is 24.5 Å². The summed E-state index contributed by atoms with van der Waals surface area (Å²) in [5.41, 5.74) is 3.97. The number of hydrogen-bond donors (Lipinski definition) is 2. The molecule has 0 aliphatic heterocycles. The highest BCUT2D eigenvalue weighted by Gasteiger charge is 2.48. The number of aromatic nitrogens is 2. The Labute approximate surface area is 205 Å². The van der Waals surface area contributed by atoms with Gasteiger partial charge < -0.3 is 15.3 Å². The summed E-state index contributed by atoms with van der Waals surface area (Å²) in [6, 6.07) is 7.41. The number of aliphatic carboxylic acids is 1. The van der Waals surface area contributed by atoms with Crippen molar-refractivity contribution in [3.8, 4) is 0 Å². The first kappa shape index (κ1) is 24.0. The second-order valence-corrected chi connectivity index (χ2v) is 9.57. The number of benzene rings is 1. The molecule has 36 heavy (non-hydrogen) atoms. The molecule has 0 bridgehead atoms. The van der Waals surface area contributed by atoms with E-state index in [1.807, 2.05) is 12.1 Å². The molecule has 3 aromatic rings. The average molecular weight is 499 g/mol. The fourth-order valence-electron chi connectivity index (χ4n) is 4.90. The molecule has 0 radical (unpaired) electrons. The molecule has 2 aromatic heterocycles. The van der Waals surface area contributed by atoms with Crippen LogP contribution in [0.15, 0.2) is 48.8 Å². The Morgan fingerprint density at radius 1 is 1.08 bits per heavy atom. The first-order valence-corrected chi connectivity index (χ1v) is 11.8. The van der Waals surface area contributed by atoms with Crippen LogP contribution in [0.25, 0.3) is 11.0 Å². The highest BCUT2D eigenvalue weighted by atomic mass is 19.4. The number of carboxylic acid groups (broad SMARTS) is 1. The molecule has 1 aromatic carbocycles. The van der Waals surface area contributed by atoms with Crippen molar-refractivity contribution in [3.05, 3.63) is 59.9 Å². The van der Waals surface area contributed by atoms with E-state index in [9.17, 15) is 22.8 Å². The van der Waals surface area contributed by atoms with Crippen LogP contribution in [0.4, 0.5) is 24.5 Å². The van der Waals surface area contributed by atoms with Crippen LogP contribution in [0.5, 0.6) is 0 Å². The van der Waals surface area contributed by atoms with Crippen molar-refractivity contribution in [1.29, 1.82) is 0 Å². The van der Waals surface area contributed by atoms with Crippen molar-refractivity contribution in [2.75, 3.05) is 12.4 Å². The number of anilines is 2. The monoisotopic (exact) mass is 498 g/mol. The minimum Gasteiger partial charge on any atom is -0.481 e. The Kier molecular flexibility index (Phi) is 6.05. The average Bonchev–Trinajstić information content (AvgIpc) is 3.63. The number of rotatable bonds is 7. The number of carbonyl (C=O) groups is 2. The lowest BCUT2D eigenvalue weighted by Crippen LogP contribution is -2.46. The molecule has 2 aliphatic rings. The van der Waals surface area contributed by atoms with Gasteiger partial charge in [-0.1, -0.05) is 12.1 Å². The Hall–Kier alpha value is -3.69. The summed E-state index contributed by atoms with van der Waals surface area (Å²) in [5, 5.41) is 12.3. The summed E-state index contributed by atoms with van der Waals surface area (Å²) < 4.78 is 42.1. The van der Waals surface area contributed by atoms with Crippen LogP contribution in [-0.4, -0.2) is 45.1 Å². The summed E-state index contributed by atoms with van der Waals surface area (Å²) in [7, 11) is 1.12. The van der Waals surface area contributed by atoms with Crippen LogP contribution < -0.4 is 5.32 Å². The molecule has 7 nitrogen and oxygen atoms in total. The van der Waals surface area contributed by atoms with Gasteiger partial charge in [-0.15, -0.1) is 0 Å². The van der Waals surface area contributed by atoms with E-state index in [0.717, 1.165) is 42.2 Å². The first-order valence-electron chi connectivity index (χ1n) is 11.8. The van der Waals surface area contributed by atoms with Crippen LogP contribution in [0.2, 0.25) is 0 Å². The van der Waals surface area contributed by atoms with Crippen LogP contribution in [0.3, 0.4) is 0 Å². The van der Waals surface area contributed by atoms with E-state index in [1.165, 1.54) is 12.1 Å². The van der Waals surface area contributed by atoms with Crippen molar-refractivity contribution in [3.63, 3.8) is 0 Å². The summed E-state index contributed by atoms with van der Waals surface area (Å²) in [6.07, 6.45) is 0.959. The normalized spacial score (nSPS) is 20.4. The van der Waals surface area contributed by atoms with Gasteiger partial charge in [-0.05, 0) is 61.4 Å². The quantitative estimate of drug-likeness (QED) is 0.452. The molecule has 0 saturated heterocycles. The minimum atomic E-state index is -4.69. The number of fused-ring (bicyclic) bond motifs is 1. The topological polar surface area (TPSA) is 95.4 Å². The molecule has 10 heteroatoms. The zero-order valence-corrected chi connectivity index (χ0v) is 19.5. The van der Waals surface area contributed by atoms with E-state index in [2.05, 4.69) is 15.3 Å². The van der Waals surface area contributed by atoms with Crippen LogP contribution in [0, 0.1) is 11.8 Å². The predicted molar refractivity (Wildman–Crippen MR) is 127 cm³/mol. The van der Waals surface area contributed by atoms with Gasteiger partial charge in [0.05, 0.1) is 28.8 Å². The van der Waals surface area contributed by atoms with Gasteiger partial charge in [0.15, 0.2) is 6.04 Å². The second kappa shape index (κ2) is 9.07. The molecule has 188 valence electrons. The van der Waals surface area contributed by atoms with Gasteiger partial charge in [0.25, 0.3) is 0 Å². The number of amides is 1. The van der Waals surface area contributed by atoms with Crippen molar-refractivity contribution in [1.82, 2.24) is 14.9 Å². The molecule has 2 aliphatic carbocycles. The molecule has 2 saturated carbocycles. The maximum Gasteiger partial charge on any atom is 0.413 e. The summed E-state index contributed by atoms with van der Waals surface area (Å²) in [6.45, 7) is 0. The van der Waals surface area contributed by atoms with Gasteiger partial charge in [0, 0.05) is 30.4 Å². The third kappa shape index (κ3) is 4.59. The molecule has 2 heterocycles. The Bertz CT molecular complexity index is 1300. The third-order valence-electron chi connectivity index (χ3n) is 7.04. The van der Waals surface area contributed by atoms with Crippen molar-refractivity contribution >= 4 is 34.3 Å². The molecule has 0 spiro atoms. The SMILES string of the molecule is CN(C(=O)C1CC(C(=O)O)C1)[C@@H](c1ccc(Nc2cnc3cccnc3c2C2CC2)cc1)C(F)(F)F. The summed E-state index contributed by atoms with van der Waals surface area (Å²) in [4.78, 5) is 33.3. The zero-order chi connectivity index (χ0) is 25.6. The van der Waals surface area contributed by atoms with E-state index in [-0.39, 0.29) is 18.4 Å². The number of carboxylic acids is 1. The summed E-state index contributed by atoms with van der Waals surface area (Å²) >= 11 is 0. The number of carbonyl (C=O) groups excluding carboxylic acids is 1. The summed E-state index contributed by atoms with van der Waals surface area (Å²) in [5.74, 6) is -2.74. The maximum absolute atomic E-state index is 14.0. The van der Waals surface area contributed by atoms with Crippen LogP contribution in [-0.2, 0) is 9.59 Å². The molecular formula is C26H25F3N4O3. The number of halogens is 3. The minimum absolute atomic E-state index is 0.0594. The van der Waals surface area contributed by atoms with E-state index >= 15 is 0 Å². The Morgan fingerprint density at radius 2 is 1.78 bits per heavy atom. The first-order chi connectivity index (χ1) is 17.1. The number of pyridine rings is 2. The molecule has 2 N–H and O–H groups in total. The Balaban J connectivity index is 1.36. The van der Waals surface area contributed by atoms with Gasteiger partial charge >= 0.3 is 12.1 Å².